The van der Waals surface area contributed by atoms with Crippen LogP contribution in [-0.2, 0) is 0 Å². The Kier molecular flexibility index (Phi) is 6.72. The molecule has 4 rings (SSSR count). The molecule has 1 aromatic heterocycles. The van der Waals surface area contributed by atoms with Gasteiger partial charge in [-0.25, -0.2) is 19.2 Å². The van der Waals surface area contributed by atoms with Crippen molar-refractivity contribution in [3.8, 4) is 11.3 Å². The number of benzene rings is 2. The number of para-hydroxylation sites is 1. The van der Waals surface area contributed by atoms with E-state index in [1.807, 2.05) is 6.07 Å². The number of aromatic nitrogens is 1. The largest absolute Gasteiger partial charge is 0.340 e. The van der Waals surface area contributed by atoms with Gasteiger partial charge < -0.3 is 11.1 Å². The van der Waals surface area contributed by atoms with E-state index in [1.165, 1.54) is 6.07 Å². The van der Waals surface area contributed by atoms with Crippen molar-refractivity contribution in [2.45, 2.75) is 37.8 Å². The molecule has 1 amide bonds. The smallest absolute Gasteiger partial charge is 0.267 e. The van der Waals surface area contributed by atoms with Crippen molar-refractivity contribution in [1.82, 2.24) is 15.8 Å². The van der Waals surface area contributed by atoms with Gasteiger partial charge >= 0.3 is 0 Å². The van der Waals surface area contributed by atoms with Gasteiger partial charge in [0.2, 0.25) is 0 Å². The average Bonchev–Trinajstić information content (AvgIpc) is 2.81. The third-order valence-electron chi connectivity index (χ3n) is 5.59. The highest BCUT2D eigenvalue weighted by Gasteiger charge is 2.22. The zero-order valence-electron chi connectivity index (χ0n) is 17.4. The van der Waals surface area contributed by atoms with Crippen molar-refractivity contribution in [3.63, 3.8) is 0 Å². The maximum Gasteiger partial charge on any atom is 0.267 e. The summed E-state index contributed by atoms with van der Waals surface area (Å²) in [5, 5.41) is 3.14. The monoisotopic (exact) mass is 437 g/mol. The van der Waals surface area contributed by atoms with Gasteiger partial charge in [0, 0.05) is 17.6 Å². The van der Waals surface area contributed by atoms with Crippen molar-refractivity contribution >= 4 is 17.4 Å². The Bertz CT molecular complexity index is 1110. The van der Waals surface area contributed by atoms with Crippen LogP contribution in [-0.4, -0.2) is 23.0 Å². The van der Waals surface area contributed by atoms with E-state index in [9.17, 15) is 13.6 Å². The number of hydrogen-bond donors (Lipinski definition) is 4. The van der Waals surface area contributed by atoms with Crippen molar-refractivity contribution < 1.29 is 13.6 Å². The predicted octanol–water partition coefficient (Wildman–Crippen LogP) is 4.27. The number of anilines is 2. The molecule has 0 bridgehead atoms. The summed E-state index contributed by atoms with van der Waals surface area (Å²) in [5.74, 6) is -1.67. The fourth-order valence-electron chi connectivity index (χ4n) is 3.81. The lowest BCUT2D eigenvalue weighted by Crippen LogP contribution is -2.53. The van der Waals surface area contributed by atoms with E-state index in [2.05, 4.69) is 21.2 Å². The van der Waals surface area contributed by atoms with E-state index in [0.29, 0.717) is 28.3 Å². The molecule has 32 heavy (non-hydrogen) atoms. The molecule has 1 heterocycles. The molecule has 0 radical (unpaired) electrons. The summed E-state index contributed by atoms with van der Waals surface area (Å²) in [5.41, 5.74) is 13.9. The van der Waals surface area contributed by atoms with E-state index in [-0.39, 0.29) is 18.0 Å². The van der Waals surface area contributed by atoms with Gasteiger partial charge in [-0.1, -0.05) is 31.0 Å². The van der Waals surface area contributed by atoms with Crippen LogP contribution in [0, 0.1) is 11.6 Å². The second kappa shape index (κ2) is 9.84. The Morgan fingerprint density at radius 3 is 2.59 bits per heavy atom. The fourth-order valence-corrected chi connectivity index (χ4v) is 3.81. The number of hydrazine groups is 1. The lowest BCUT2D eigenvalue weighted by atomic mass is 9.91. The van der Waals surface area contributed by atoms with Gasteiger partial charge in [-0.15, -0.1) is 0 Å². The first kappa shape index (κ1) is 21.9. The molecule has 0 unspecified atom stereocenters. The summed E-state index contributed by atoms with van der Waals surface area (Å²) in [4.78, 5) is 17.3. The van der Waals surface area contributed by atoms with E-state index in [0.717, 1.165) is 37.8 Å². The standard InChI is InChI=1S/C24H25F2N5O/c25-17-13-12-15(14-18(17)26)20-10-5-11-23(28-20)29-21-8-3-1-6-16(21)24(32)31-30-22-9-4-2-7-19(22)27/h1,3,5-6,8,10-14,19,22,30H,2,4,7,9,27H2,(H,28,29)(H,31,32)/t19-,22+/m0/s1. The normalized spacial score (nSPS) is 18.2. The Hall–Kier alpha value is -3.36. The molecule has 166 valence electrons. The molecule has 8 heteroatoms. The summed E-state index contributed by atoms with van der Waals surface area (Å²) >= 11 is 0. The number of nitrogens with one attached hydrogen (secondary N) is 3. The minimum atomic E-state index is -0.935. The second-order valence-corrected chi connectivity index (χ2v) is 7.86. The summed E-state index contributed by atoms with van der Waals surface area (Å²) < 4.78 is 26.9. The minimum absolute atomic E-state index is 0.0145. The van der Waals surface area contributed by atoms with Crippen LogP contribution >= 0.6 is 0 Å². The highest BCUT2D eigenvalue weighted by Crippen LogP contribution is 2.24. The number of carbonyl (C=O) groups is 1. The summed E-state index contributed by atoms with van der Waals surface area (Å²) in [6.07, 6.45) is 4.05. The molecule has 6 nitrogen and oxygen atoms in total. The Balaban J connectivity index is 1.49. The van der Waals surface area contributed by atoms with Gasteiger partial charge in [0.1, 0.15) is 5.82 Å². The zero-order valence-corrected chi connectivity index (χ0v) is 17.4. The van der Waals surface area contributed by atoms with E-state index in [1.54, 1.807) is 36.4 Å². The summed E-state index contributed by atoms with van der Waals surface area (Å²) in [7, 11) is 0. The molecule has 2 aromatic carbocycles. The van der Waals surface area contributed by atoms with Gasteiger partial charge in [0.15, 0.2) is 11.6 Å². The van der Waals surface area contributed by atoms with Crippen LogP contribution in [0.4, 0.5) is 20.3 Å². The molecule has 1 aliphatic carbocycles. The molecule has 1 saturated carbocycles. The number of nitrogens with two attached hydrogens (primary N) is 1. The van der Waals surface area contributed by atoms with Crippen molar-refractivity contribution in [2.24, 2.45) is 5.73 Å². The number of halogens is 2. The highest BCUT2D eigenvalue weighted by atomic mass is 19.2. The third kappa shape index (κ3) is 5.09. The molecule has 2 atom stereocenters. The number of amides is 1. The zero-order chi connectivity index (χ0) is 22.5. The molecular weight excluding hydrogens is 412 g/mol. The van der Waals surface area contributed by atoms with Crippen LogP contribution in [0.25, 0.3) is 11.3 Å². The van der Waals surface area contributed by atoms with Crippen LogP contribution in [0.15, 0.2) is 60.7 Å². The summed E-state index contributed by atoms with van der Waals surface area (Å²) in [6.45, 7) is 0. The molecule has 5 N–H and O–H groups in total. The topological polar surface area (TPSA) is 92.1 Å². The van der Waals surface area contributed by atoms with Gasteiger partial charge in [-0.2, -0.15) is 0 Å². The minimum Gasteiger partial charge on any atom is -0.340 e. The maximum absolute atomic E-state index is 13.6. The second-order valence-electron chi connectivity index (χ2n) is 7.86. The number of rotatable bonds is 6. The van der Waals surface area contributed by atoms with Gasteiger partial charge in [0.25, 0.3) is 5.91 Å². The Morgan fingerprint density at radius 2 is 1.78 bits per heavy atom. The highest BCUT2D eigenvalue weighted by molar-refractivity contribution is 6.00. The first-order valence-electron chi connectivity index (χ1n) is 10.6. The van der Waals surface area contributed by atoms with Crippen molar-refractivity contribution in [1.29, 1.82) is 0 Å². The molecule has 1 aliphatic rings. The maximum atomic E-state index is 13.6. The third-order valence-corrected chi connectivity index (χ3v) is 5.59. The number of pyridine rings is 1. The molecule has 0 spiro atoms. The van der Waals surface area contributed by atoms with E-state index < -0.39 is 11.6 Å². The first-order chi connectivity index (χ1) is 15.5. The quantitative estimate of drug-likeness (QED) is 0.432. The number of hydrogen-bond acceptors (Lipinski definition) is 5. The van der Waals surface area contributed by atoms with Gasteiger partial charge in [-0.05, 0) is 55.3 Å². The summed E-state index contributed by atoms with van der Waals surface area (Å²) in [6, 6.07) is 15.9. The molecule has 0 saturated heterocycles. The first-order valence-corrected chi connectivity index (χ1v) is 10.6. The Morgan fingerprint density at radius 1 is 0.969 bits per heavy atom. The molecule has 3 aromatic rings. The predicted molar refractivity (Wildman–Crippen MR) is 120 cm³/mol. The lowest BCUT2D eigenvalue weighted by molar-refractivity contribution is 0.0918. The Labute approximate surface area is 185 Å². The van der Waals surface area contributed by atoms with Crippen LogP contribution in [0.2, 0.25) is 0 Å². The fraction of sp³-hybridized carbons (Fsp3) is 0.250. The van der Waals surface area contributed by atoms with Crippen LogP contribution in [0.1, 0.15) is 36.0 Å². The average molecular weight is 437 g/mol. The van der Waals surface area contributed by atoms with Crippen LogP contribution in [0.3, 0.4) is 0 Å². The SMILES string of the molecule is N[C@H]1CCCC[C@H]1NNC(=O)c1ccccc1Nc1cccc(-c2ccc(F)c(F)c2)n1. The lowest BCUT2D eigenvalue weighted by Gasteiger charge is -2.29. The van der Waals surface area contributed by atoms with E-state index >= 15 is 0 Å². The van der Waals surface area contributed by atoms with Gasteiger partial charge in [0.05, 0.1) is 16.9 Å². The van der Waals surface area contributed by atoms with Gasteiger partial charge in [-0.3, -0.25) is 10.2 Å². The molecule has 0 aliphatic heterocycles. The van der Waals surface area contributed by atoms with E-state index in [4.69, 9.17) is 5.73 Å². The number of nitrogens with zero attached hydrogens (tertiary/aromatic N) is 1. The van der Waals surface area contributed by atoms with Crippen molar-refractivity contribution in [2.75, 3.05) is 5.32 Å². The van der Waals surface area contributed by atoms with Crippen LogP contribution < -0.4 is 21.9 Å². The molecular formula is C24H25F2N5O. The van der Waals surface area contributed by atoms with Crippen LogP contribution in [0.5, 0.6) is 0 Å². The number of carbonyl (C=O) groups excluding carboxylic acids is 1. The molecule has 1 fully saturated rings. The van der Waals surface area contributed by atoms with Crippen molar-refractivity contribution in [3.05, 3.63) is 77.9 Å².